The number of carbonyl (C=O) groups is 1. The molecule has 0 bridgehead atoms. The van der Waals surface area contributed by atoms with E-state index < -0.39 is 0 Å². The molecule has 1 aliphatic rings. The molecule has 2 aromatic heterocycles. The lowest BCUT2D eigenvalue weighted by Gasteiger charge is -2.38. The molecule has 0 spiro atoms. The van der Waals surface area contributed by atoms with Crippen LogP contribution in [0.3, 0.4) is 0 Å². The number of benzene rings is 1. The van der Waals surface area contributed by atoms with Crippen molar-refractivity contribution >= 4 is 22.9 Å². The molecule has 4 rings (SSSR count). The number of hydrogen-bond acceptors (Lipinski definition) is 7. The molecule has 1 unspecified atom stereocenters. The molecular formula is C20H23N7O. The van der Waals surface area contributed by atoms with Crippen molar-refractivity contribution < 1.29 is 4.79 Å². The van der Waals surface area contributed by atoms with Crippen molar-refractivity contribution in [3.05, 3.63) is 54.1 Å². The third kappa shape index (κ3) is 3.63. The first-order valence-corrected chi connectivity index (χ1v) is 9.39. The number of anilines is 1. The second-order valence-corrected chi connectivity index (χ2v) is 6.85. The highest BCUT2D eigenvalue weighted by atomic mass is 16.1. The van der Waals surface area contributed by atoms with Crippen molar-refractivity contribution in [3.8, 4) is 0 Å². The quantitative estimate of drug-likeness (QED) is 0.740. The maximum absolute atomic E-state index is 11.6. The van der Waals surface area contributed by atoms with E-state index >= 15 is 0 Å². The minimum absolute atomic E-state index is 0.176. The van der Waals surface area contributed by atoms with E-state index in [0.717, 1.165) is 37.2 Å². The van der Waals surface area contributed by atoms with Gasteiger partial charge in [-0.3, -0.25) is 19.7 Å². The lowest BCUT2D eigenvalue weighted by atomic mass is 10.1. The van der Waals surface area contributed by atoms with Crippen LogP contribution in [0.1, 0.15) is 28.9 Å². The Morgan fingerprint density at radius 2 is 1.68 bits per heavy atom. The topological polar surface area (TPSA) is 87.1 Å². The summed E-state index contributed by atoms with van der Waals surface area (Å²) in [4.78, 5) is 33.7. The van der Waals surface area contributed by atoms with Crippen LogP contribution in [-0.2, 0) is 0 Å². The Balaban J connectivity index is 1.41. The van der Waals surface area contributed by atoms with Crippen molar-refractivity contribution in [2.75, 3.05) is 38.1 Å². The Bertz CT molecular complexity index is 968. The number of nitrogens with one attached hydrogen (secondary N) is 1. The maximum atomic E-state index is 11.6. The Labute approximate surface area is 163 Å². The summed E-state index contributed by atoms with van der Waals surface area (Å²) in [5.41, 5.74) is 3.56. The largest absolute Gasteiger partial charge is 0.355 e. The molecule has 8 nitrogen and oxygen atoms in total. The normalized spacial score (nSPS) is 16.1. The summed E-state index contributed by atoms with van der Waals surface area (Å²) in [6, 6.07) is 6.59. The fraction of sp³-hybridized carbons (Fsp3) is 0.350. The Kier molecular flexibility index (Phi) is 5.12. The molecule has 1 N–H and O–H groups in total. The molecule has 0 saturated carbocycles. The third-order valence-corrected chi connectivity index (χ3v) is 5.25. The van der Waals surface area contributed by atoms with Gasteiger partial charge in [0.1, 0.15) is 0 Å². The average molecular weight is 377 g/mol. The lowest BCUT2D eigenvalue weighted by Crippen LogP contribution is -2.47. The van der Waals surface area contributed by atoms with Gasteiger partial charge in [0, 0.05) is 64.1 Å². The first-order chi connectivity index (χ1) is 13.7. The van der Waals surface area contributed by atoms with Gasteiger partial charge in [-0.2, -0.15) is 0 Å². The number of carbonyl (C=O) groups excluding carboxylic acids is 1. The molecule has 1 fully saturated rings. The lowest BCUT2D eigenvalue weighted by molar-refractivity contribution is 0.0962. The zero-order valence-corrected chi connectivity index (χ0v) is 16.0. The van der Waals surface area contributed by atoms with E-state index in [9.17, 15) is 4.79 Å². The van der Waals surface area contributed by atoms with Crippen LogP contribution in [0.4, 0.5) is 5.95 Å². The Hall–Kier alpha value is -3.13. The summed E-state index contributed by atoms with van der Waals surface area (Å²) in [5, 5.41) is 2.58. The number of amides is 1. The SMILES string of the molecule is CNC(=O)c1cnc(N2CCN(C(C)c3ccc4nccnc4c3)CC2)nc1. The molecule has 0 radical (unpaired) electrons. The van der Waals surface area contributed by atoms with Crippen molar-refractivity contribution in [2.24, 2.45) is 0 Å². The molecule has 28 heavy (non-hydrogen) atoms. The molecule has 3 aromatic rings. The van der Waals surface area contributed by atoms with Crippen molar-refractivity contribution in [1.82, 2.24) is 30.2 Å². The van der Waals surface area contributed by atoms with E-state index in [-0.39, 0.29) is 5.91 Å². The molecule has 1 aliphatic heterocycles. The van der Waals surface area contributed by atoms with Crippen molar-refractivity contribution in [3.63, 3.8) is 0 Å². The third-order valence-electron chi connectivity index (χ3n) is 5.25. The van der Waals surface area contributed by atoms with Crippen LogP contribution < -0.4 is 10.2 Å². The summed E-state index contributed by atoms with van der Waals surface area (Å²) in [5.74, 6) is 0.492. The molecule has 144 valence electrons. The highest BCUT2D eigenvalue weighted by Gasteiger charge is 2.23. The van der Waals surface area contributed by atoms with Crippen LogP contribution in [0.2, 0.25) is 0 Å². The molecule has 3 heterocycles. The Morgan fingerprint density at radius 3 is 2.36 bits per heavy atom. The van der Waals surface area contributed by atoms with Crippen LogP contribution in [0, 0.1) is 0 Å². The molecular weight excluding hydrogens is 354 g/mol. The van der Waals surface area contributed by atoms with E-state index in [0.29, 0.717) is 17.6 Å². The number of hydrogen-bond donors (Lipinski definition) is 1. The predicted octanol–water partition coefficient (Wildman–Crippen LogP) is 1.66. The summed E-state index contributed by atoms with van der Waals surface area (Å²) < 4.78 is 0. The predicted molar refractivity (Wildman–Crippen MR) is 107 cm³/mol. The van der Waals surface area contributed by atoms with E-state index in [4.69, 9.17) is 0 Å². The van der Waals surface area contributed by atoms with E-state index in [1.54, 1.807) is 31.8 Å². The van der Waals surface area contributed by atoms with Gasteiger partial charge < -0.3 is 10.2 Å². The molecule has 1 aromatic carbocycles. The Morgan fingerprint density at radius 1 is 1.00 bits per heavy atom. The average Bonchev–Trinajstić information content (AvgIpc) is 2.78. The van der Waals surface area contributed by atoms with E-state index in [2.05, 4.69) is 54.1 Å². The number of piperazine rings is 1. The van der Waals surface area contributed by atoms with E-state index in [1.165, 1.54) is 5.56 Å². The molecule has 1 amide bonds. The molecule has 1 atom stereocenters. The van der Waals surface area contributed by atoms with Crippen molar-refractivity contribution in [2.45, 2.75) is 13.0 Å². The van der Waals surface area contributed by atoms with Gasteiger partial charge in [0.25, 0.3) is 5.91 Å². The fourth-order valence-corrected chi connectivity index (χ4v) is 3.51. The minimum Gasteiger partial charge on any atom is -0.355 e. The zero-order chi connectivity index (χ0) is 19.5. The van der Waals surface area contributed by atoms with Gasteiger partial charge in [-0.05, 0) is 24.6 Å². The summed E-state index contributed by atoms with van der Waals surface area (Å²) in [6.45, 7) is 5.75. The molecule has 8 heteroatoms. The summed E-state index contributed by atoms with van der Waals surface area (Å²) in [7, 11) is 1.60. The summed E-state index contributed by atoms with van der Waals surface area (Å²) in [6.07, 6.45) is 6.59. The fourth-order valence-electron chi connectivity index (χ4n) is 3.51. The van der Waals surface area contributed by atoms with Gasteiger partial charge in [-0.15, -0.1) is 0 Å². The molecule has 1 saturated heterocycles. The van der Waals surface area contributed by atoms with Gasteiger partial charge in [0.05, 0.1) is 16.6 Å². The highest BCUT2D eigenvalue weighted by molar-refractivity contribution is 5.93. The first kappa shape index (κ1) is 18.2. The van der Waals surface area contributed by atoms with Crippen molar-refractivity contribution in [1.29, 1.82) is 0 Å². The van der Waals surface area contributed by atoms with Crippen LogP contribution in [0.5, 0.6) is 0 Å². The van der Waals surface area contributed by atoms with Gasteiger partial charge >= 0.3 is 0 Å². The van der Waals surface area contributed by atoms with Gasteiger partial charge in [0.2, 0.25) is 5.95 Å². The smallest absolute Gasteiger partial charge is 0.254 e. The molecule has 0 aliphatic carbocycles. The van der Waals surface area contributed by atoms with Crippen LogP contribution >= 0.6 is 0 Å². The first-order valence-electron chi connectivity index (χ1n) is 9.39. The number of aromatic nitrogens is 4. The van der Waals surface area contributed by atoms with Crippen LogP contribution in [0.25, 0.3) is 11.0 Å². The van der Waals surface area contributed by atoms with Crippen LogP contribution in [0.15, 0.2) is 43.0 Å². The monoisotopic (exact) mass is 377 g/mol. The second-order valence-electron chi connectivity index (χ2n) is 6.85. The number of rotatable bonds is 4. The second kappa shape index (κ2) is 7.85. The van der Waals surface area contributed by atoms with Gasteiger partial charge in [-0.25, -0.2) is 9.97 Å². The van der Waals surface area contributed by atoms with Gasteiger partial charge in [-0.1, -0.05) is 6.07 Å². The van der Waals surface area contributed by atoms with Crippen LogP contribution in [-0.4, -0.2) is 64.0 Å². The minimum atomic E-state index is -0.176. The number of fused-ring (bicyclic) bond motifs is 1. The van der Waals surface area contributed by atoms with E-state index in [1.807, 2.05) is 6.07 Å². The standard InChI is InChI=1S/C20H23N7O/c1-14(15-3-4-17-18(11-15)23-6-5-22-17)26-7-9-27(10-8-26)20-24-12-16(13-25-20)19(28)21-2/h3-6,11-14H,7-10H2,1-2H3,(H,21,28). The zero-order valence-electron chi connectivity index (χ0n) is 16.0. The maximum Gasteiger partial charge on any atom is 0.254 e. The number of nitrogens with zero attached hydrogens (tertiary/aromatic N) is 6. The summed E-state index contributed by atoms with van der Waals surface area (Å²) >= 11 is 0. The highest BCUT2D eigenvalue weighted by Crippen LogP contribution is 2.24. The van der Waals surface area contributed by atoms with Gasteiger partial charge in [0.15, 0.2) is 0 Å².